The highest BCUT2D eigenvalue weighted by atomic mass is 35.5. The first-order valence-electron chi connectivity index (χ1n) is 10.1. The molecule has 1 fully saturated rings. The van der Waals surface area contributed by atoms with Gasteiger partial charge in [-0.3, -0.25) is 4.79 Å². The van der Waals surface area contributed by atoms with Gasteiger partial charge in [0.1, 0.15) is 10.6 Å². The Morgan fingerprint density at radius 1 is 1.16 bits per heavy atom. The van der Waals surface area contributed by atoms with Crippen LogP contribution in [0.1, 0.15) is 38.2 Å². The zero-order chi connectivity index (χ0) is 22.8. The van der Waals surface area contributed by atoms with Crippen molar-refractivity contribution < 1.29 is 17.9 Å². The summed E-state index contributed by atoms with van der Waals surface area (Å²) in [5, 5.41) is 3.54. The summed E-state index contributed by atoms with van der Waals surface area (Å²) in [5.74, 6) is -0.254. The lowest BCUT2D eigenvalue weighted by atomic mass is 9.99. The maximum absolute atomic E-state index is 13.4. The normalized spacial score (nSPS) is 17.5. The van der Waals surface area contributed by atoms with Gasteiger partial charge in [0.25, 0.3) is 0 Å². The van der Waals surface area contributed by atoms with E-state index in [2.05, 4.69) is 5.32 Å². The van der Waals surface area contributed by atoms with E-state index in [0.29, 0.717) is 40.9 Å². The first kappa shape index (κ1) is 23.9. The smallest absolute Gasteiger partial charge is 0.246 e. The summed E-state index contributed by atoms with van der Waals surface area (Å²) < 4.78 is 33.6. The number of methoxy groups -OCH3 is 1. The van der Waals surface area contributed by atoms with Gasteiger partial charge in [0.05, 0.1) is 23.1 Å². The molecule has 1 aliphatic rings. The van der Waals surface area contributed by atoms with E-state index >= 15 is 0 Å². The Bertz CT molecular complexity index is 1070. The summed E-state index contributed by atoms with van der Waals surface area (Å²) in [7, 11) is -2.37. The molecule has 1 amide bonds. The maximum atomic E-state index is 13.4. The van der Waals surface area contributed by atoms with Gasteiger partial charge in [-0.1, -0.05) is 43.1 Å². The summed E-state index contributed by atoms with van der Waals surface area (Å²) in [6.07, 6.45) is 1.19. The minimum absolute atomic E-state index is 0.102. The molecule has 0 radical (unpaired) electrons. The van der Waals surface area contributed by atoms with Crippen LogP contribution in [0.3, 0.4) is 0 Å². The molecule has 0 unspecified atom stereocenters. The van der Waals surface area contributed by atoms with Crippen molar-refractivity contribution in [3.63, 3.8) is 0 Å². The molecule has 0 aromatic heterocycles. The highest BCUT2D eigenvalue weighted by Gasteiger charge is 2.35. The Labute approximate surface area is 193 Å². The van der Waals surface area contributed by atoms with Crippen LogP contribution in [0.5, 0.6) is 5.75 Å². The molecule has 9 heteroatoms. The van der Waals surface area contributed by atoms with E-state index < -0.39 is 15.9 Å². The van der Waals surface area contributed by atoms with Crippen LogP contribution in [0, 0.1) is 5.92 Å². The Balaban J connectivity index is 1.81. The summed E-state index contributed by atoms with van der Waals surface area (Å²) in [6, 6.07) is 10.0. The maximum Gasteiger partial charge on any atom is 0.246 e. The molecule has 6 nitrogen and oxygen atoms in total. The number of amides is 1. The second kappa shape index (κ2) is 9.77. The number of carbonyl (C=O) groups is 1. The molecular weight excluding hydrogens is 459 g/mol. The van der Waals surface area contributed by atoms with E-state index in [1.165, 1.54) is 11.4 Å². The lowest BCUT2D eigenvalue weighted by Gasteiger charge is -2.31. The fraction of sp³-hybridized carbons (Fsp3) is 0.409. The molecule has 168 valence electrons. The van der Waals surface area contributed by atoms with Crippen LogP contribution in [-0.4, -0.2) is 38.8 Å². The van der Waals surface area contributed by atoms with Gasteiger partial charge in [0.15, 0.2) is 0 Å². The summed E-state index contributed by atoms with van der Waals surface area (Å²) in [5.41, 5.74) is 1.43. The van der Waals surface area contributed by atoms with Crippen molar-refractivity contribution in [2.45, 2.75) is 37.5 Å². The third-order valence-corrected chi connectivity index (χ3v) is 8.04. The number of benzene rings is 2. The quantitative estimate of drug-likeness (QED) is 0.613. The predicted molar refractivity (Wildman–Crippen MR) is 124 cm³/mol. The van der Waals surface area contributed by atoms with Crippen LogP contribution in [0.2, 0.25) is 10.0 Å². The monoisotopic (exact) mass is 484 g/mol. The largest absolute Gasteiger partial charge is 0.495 e. The number of rotatable bonds is 6. The fourth-order valence-electron chi connectivity index (χ4n) is 3.59. The van der Waals surface area contributed by atoms with E-state index in [4.69, 9.17) is 27.9 Å². The molecule has 1 N–H and O–H groups in total. The molecule has 1 heterocycles. The summed E-state index contributed by atoms with van der Waals surface area (Å²) in [4.78, 5) is 12.9. The highest BCUT2D eigenvalue weighted by Crippen LogP contribution is 2.33. The fourth-order valence-corrected chi connectivity index (χ4v) is 5.60. The van der Waals surface area contributed by atoms with Crippen LogP contribution >= 0.6 is 23.2 Å². The molecule has 1 saturated heterocycles. The lowest BCUT2D eigenvalue weighted by molar-refractivity contribution is -0.120. The predicted octanol–water partition coefficient (Wildman–Crippen LogP) is 5.16. The van der Waals surface area contributed by atoms with Crippen molar-refractivity contribution in [3.05, 3.63) is 52.0 Å². The van der Waals surface area contributed by atoms with Crippen molar-refractivity contribution >= 4 is 44.8 Å². The zero-order valence-corrected chi connectivity index (χ0v) is 20.0. The van der Waals surface area contributed by atoms with Gasteiger partial charge in [0, 0.05) is 18.8 Å². The zero-order valence-electron chi connectivity index (χ0n) is 17.7. The van der Waals surface area contributed by atoms with Gasteiger partial charge in [-0.15, -0.1) is 0 Å². The average Bonchev–Trinajstić information content (AvgIpc) is 2.75. The topological polar surface area (TPSA) is 75.7 Å². The van der Waals surface area contributed by atoms with Crippen molar-refractivity contribution in [1.29, 1.82) is 0 Å². The van der Waals surface area contributed by atoms with Gasteiger partial charge in [-0.05, 0) is 54.7 Å². The number of hydrogen-bond donors (Lipinski definition) is 1. The number of halogens is 2. The Morgan fingerprint density at radius 2 is 1.90 bits per heavy atom. The minimum atomic E-state index is -3.82. The van der Waals surface area contributed by atoms with Gasteiger partial charge in [-0.25, -0.2) is 8.42 Å². The lowest BCUT2D eigenvalue weighted by Crippen LogP contribution is -2.43. The molecule has 2 aromatic rings. The Kier molecular flexibility index (Phi) is 7.52. The second-order valence-corrected chi connectivity index (χ2v) is 10.6. The van der Waals surface area contributed by atoms with E-state index in [-0.39, 0.29) is 23.3 Å². The molecule has 0 bridgehead atoms. The van der Waals surface area contributed by atoms with Crippen molar-refractivity contribution in [2.24, 2.45) is 5.92 Å². The van der Waals surface area contributed by atoms with Crippen LogP contribution in [0.25, 0.3) is 0 Å². The molecule has 31 heavy (non-hydrogen) atoms. The van der Waals surface area contributed by atoms with Gasteiger partial charge in [0.2, 0.25) is 15.9 Å². The van der Waals surface area contributed by atoms with Crippen LogP contribution in [0.4, 0.5) is 5.69 Å². The Hall–Kier alpha value is -1.80. The Morgan fingerprint density at radius 3 is 2.55 bits per heavy atom. The third-order valence-electron chi connectivity index (χ3n) is 5.41. The first-order valence-corrected chi connectivity index (χ1v) is 12.3. The average molecular weight is 485 g/mol. The van der Waals surface area contributed by atoms with E-state index in [1.54, 1.807) is 30.3 Å². The number of anilines is 1. The molecule has 1 aliphatic heterocycles. The molecule has 0 saturated carbocycles. The van der Waals surface area contributed by atoms with E-state index in [0.717, 1.165) is 5.56 Å². The summed E-state index contributed by atoms with van der Waals surface area (Å²) in [6.45, 7) is 4.46. The van der Waals surface area contributed by atoms with Crippen LogP contribution in [0.15, 0.2) is 41.3 Å². The minimum Gasteiger partial charge on any atom is -0.495 e. The number of nitrogens with zero attached hydrogens (tertiary/aromatic N) is 1. The highest BCUT2D eigenvalue weighted by molar-refractivity contribution is 7.89. The number of nitrogens with one attached hydrogen (secondary N) is 1. The van der Waals surface area contributed by atoms with E-state index in [9.17, 15) is 13.2 Å². The van der Waals surface area contributed by atoms with Crippen LogP contribution in [-0.2, 0) is 14.8 Å². The third kappa shape index (κ3) is 5.34. The van der Waals surface area contributed by atoms with E-state index in [1.807, 2.05) is 19.9 Å². The standard InChI is InChI=1S/C22H26Cl2N2O4S/c1-14(2)15-6-9-20(30-3)21(11-15)31(28,29)26-10-4-5-16(13-26)22(27)25-17-7-8-18(23)19(24)12-17/h6-9,11-12,14,16H,4-5,10,13H2,1-3H3,(H,25,27)/t16-/m1/s1. The SMILES string of the molecule is COc1ccc(C(C)C)cc1S(=O)(=O)N1CCC[C@@H](C(=O)Nc2ccc(Cl)c(Cl)c2)C1. The van der Waals surface area contributed by atoms with Crippen molar-refractivity contribution in [2.75, 3.05) is 25.5 Å². The number of piperidine rings is 1. The number of ether oxygens (including phenoxy) is 1. The van der Waals surface area contributed by atoms with Gasteiger partial charge >= 0.3 is 0 Å². The molecule has 0 spiro atoms. The van der Waals surface area contributed by atoms with Gasteiger partial charge in [-0.2, -0.15) is 4.31 Å². The molecule has 1 atom stereocenters. The molecule has 3 rings (SSSR count). The number of hydrogen-bond acceptors (Lipinski definition) is 4. The molecule has 2 aromatic carbocycles. The number of carbonyl (C=O) groups excluding carboxylic acids is 1. The van der Waals surface area contributed by atoms with Crippen molar-refractivity contribution in [3.8, 4) is 5.75 Å². The van der Waals surface area contributed by atoms with Crippen molar-refractivity contribution in [1.82, 2.24) is 4.31 Å². The van der Waals surface area contributed by atoms with Gasteiger partial charge < -0.3 is 10.1 Å². The second-order valence-electron chi connectivity index (χ2n) is 7.89. The molecular formula is C22H26Cl2N2O4S. The van der Waals surface area contributed by atoms with Crippen LogP contribution < -0.4 is 10.1 Å². The molecule has 0 aliphatic carbocycles. The summed E-state index contributed by atoms with van der Waals surface area (Å²) >= 11 is 11.9. The number of sulfonamides is 1. The first-order chi connectivity index (χ1) is 14.6.